The van der Waals surface area contributed by atoms with Crippen LogP contribution in [0.3, 0.4) is 0 Å². The van der Waals surface area contributed by atoms with Gasteiger partial charge in [0.2, 0.25) is 5.91 Å². The molecule has 2 aromatic carbocycles. The molecule has 1 amide bonds. The van der Waals surface area contributed by atoms with E-state index in [0.29, 0.717) is 11.3 Å². The molecule has 2 aromatic rings. The summed E-state index contributed by atoms with van der Waals surface area (Å²) in [4.78, 5) is 23.4. The van der Waals surface area contributed by atoms with E-state index in [1.54, 1.807) is 24.3 Å². The number of para-hydroxylation sites is 1. The van der Waals surface area contributed by atoms with Crippen LogP contribution in [0.1, 0.15) is 22.8 Å². The third kappa shape index (κ3) is 4.18. The summed E-state index contributed by atoms with van der Waals surface area (Å²) in [5.74, 6) is -0.262. The molecule has 2 N–H and O–H groups in total. The topological polar surface area (TPSA) is 58.2 Å². The van der Waals surface area contributed by atoms with Crippen molar-refractivity contribution >= 4 is 23.1 Å². The molecule has 0 aliphatic rings. The predicted octanol–water partition coefficient (Wildman–Crippen LogP) is 3.25. The maximum atomic E-state index is 11.9. The van der Waals surface area contributed by atoms with Gasteiger partial charge in [-0.2, -0.15) is 0 Å². The Bertz CT molecular complexity index is 648. The zero-order valence-electron chi connectivity index (χ0n) is 12.1. The van der Waals surface area contributed by atoms with Crippen molar-refractivity contribution in [1.29, 1.82) is 0 Å². The van der Waals surface area contributed by atoms with E-state index in [0.717, 1.165) is 5.69 Å². The van der Waals surface area contributed by atoms with Gasteiger partial charge in [-0.1, -0.05) is 29.8 Å². The lowest BCUT2D eigenvalue weighted by molar-refractivity contribution is -0.114. The first-order valence-electron chi connectivity index (χ1n) is 6.76. The molecule has 0 atom stereocenters. The van der Waals surface area contributed by atoms with Gasteiger partial charge >= 0.3 is 0 Å². The lowest BCUT2D eigenvalue weighted by Crippen LogP contribution is -2.22. The Kier molecular flexibility index (Phi) is 4.72. The van der Waals surface area contributed by atoms with Gasteiger partial charge in [-0.25, -0.2) is 0 Å². The first-order chi connectivity index (χ1) is 10.1. The van der Waals surface area contributed by atoms with Crippen LogP contribution in [0, 0.1) is 6.92 Å². The number of hydrogen-bond donors (Lipinski definition) is 2. The van der Waals surface area contributed by atoms with Crippen LogP contribution >= 0.6 is 0 Å². The van der Waals surface area contributed by atoms with Crippen LogP contribution in [0.15, 0.2) is 48.5 Å². The summed E-state index contributed by atoms with van der Waals surface area (Å²) in [6.45, 7) is 3.64. The Morgan fingerprint density at radius 2 is 1.67 bits per heavy atom. The largest absolute Gasteiger partial charge is 0.376 e. The van der Waals surface area contributed by atoms with Crippen LogP contribution in [0.25, 0.3) is 0 Å². The van der Waals surface area contributed by atoms with Crippen LogP contribution < -0.4 is 10.6 Å². The third-order valence-corrected chi connectivity index (χ3v) is 3.09. The fraction of sp³-hybridized carbons (Fsp3) is 0.176. The van der Waals surface area contributed by atoms with Gasteiger partial charge in [0.15, 0.2) is 5.78 Å². The van der Waals surface area contributed by atoms with Crippen molar-refractivity contribution in [2.45, 2.75) is 13.8 Å². The predicted molar refractivity (Wildman–Crippen MR) is 84.7 cm³/mol. The zero-order chi connectivity index (χ0) is 15.2. The van der Waals surface area contributed by atoms with Gasteiger partial charge in [-0.15, -0.1) is 0 Å². The van der Waals surface area contributed by atoms with Gasteiger partial charge < -0.3 is 10.6 Å². The lowest BCUT2D eigenvalue weighted by Gasteiger charge is -2.10. The van der Waals surface area contributed by atoms with Crippen molar-refractivity contribution < 1.29 is 9.59 Å². The molecule has 108 valence electrons. The minimum Gasteiger partial charge on any atom is -0.376 e. The fourth-order valence-electron chi connectivity index (χ4n) is 1.95. The molecule has 4 heteroatoms. The summed E-state index contributed by atoms with van der Waals surface area (Å²) < 4.78 is 0. The summed E-state index contributed by atoms with van der Waals surface area (Å²) in [6.07, 6.45) is 0. The first-order valence-corrected chi connectivity index (χ1v) is 6.76. The molecule has 0 bridgehead atoms. The molecule has 0 radical (unpaired) electrons. The van der Waals surface area contributed by atoms with Crippen LogP contribution in [0.5, 0.6) is 0 Å². The molecule has 0 aliphatic heterocycles. The van der Waals surface area contributed by atoms with E-state index in [9.17, 15) is 9.59 Å². The second kappa shape index (κ2) is 6.70. The quantitative estimate of drug-likeness (QED) is 0.828. The number of ketones is 1. The highest BCUT2D eigenvalue weighted by Crippen LogP contribution is 2.15. The number of rotatable bonds is 5. The summed E-state index contributed by atoms with van der Waals surface area (Å²) in [5.41, 5.74) is 3.11. The van der Waals surface area contributed by atoms with Crippen molar-refractivity contribution in [2.75, 3.05) is 17.2 Å². The van der Waals surface area contributed by atoms with E-state index in [1.807, 2.05) is 31.2 Å². The van der Waals surface area contributed by atoms with Crippen LogP contribution in [0.4, 0.5) is 11.4 Å². The van der Waals surface area contributed by atoms with Crippen molar-refractivity contribution in [3.63, 3.8) is 0 Å². The number of benzene rings is 2. The van der Waals surface area contributed by atoms with E-state index in [2.05, 4.69) is 10.6 Å². The van der Waals surface area contributed by atoms with Crippen LogP contribution in [0.2, 0.25) is 0 Å². The highest BCUT2D eigenvalue weighted by Gasteiger charge is 2.09. The maximum Gasteiger partial charge on any atom is 0.243 e. The summed E-state index contributed by atoms with van der Waals surface area (Å²) in [5, 5.41) is 5.79. The first kappa shape index (κ1) is 14.8. The second-order valence-electron chi connectivity index (χ2n) is 4.87. The maximum absolute atomic E-state index is 11.9. The Morgan fingerprint density at radius 1 is 1.00 bits per heavy atom. The fourth-order valence-corrected chi connectivity index (χ4v) is 1.95. The van der Waals surface area contributed by atoms with Gasteiger partial charge in [0.1, 0.15) is 0 Å². The van der Waals surface area contributed by atoms with E-state index < -0.39 is 0 Å². The molecule has 0 aromatic heterocycles. The van der Waals surface area contributed by atoms with Crippen molar-refractivity contribution in [2.24, 2.45) is 0 Å². The zero-order valence-corrected chi connectivity index (χ0v) is 12.1. The minimum absolute atomic E-state index is 0.0719. The van der Waals surface area contributed by atoms with Crippen LogP contribution in [-0.4, -0.2) is 18.2 Å². The number of hydrogen-bond acceptors (Lipinski definition) is 3. The van der Waals surface area contributed by atoms with Gasteiger partial charge in [0.05, 0.1) is 12.2 Å². The number of aryl methyl sites for hydroxylation is 1. The average Bonchev–Trinajstić information content (AvgIpc) is 2.47. The minimum atomic E-state index is -0.190. The molecule has 0 aliphatic carbocycles. The second-order valence-corrected chi connectivity index (χ2v) is 4.87. The molecule has 2 rings (SSSR count). The summed E-state index contributed by atoms with van der Waals surface area (Å²) in [6, 6.07) is 14.8. The molecule has 0 saturated carbocycles. The highest BCUT2D eigenvalue weighted by atomic mass is 16.2. The number of carbonyl (C=O) groups excluding carboxylic acids is 2. The SMILES string of the molecule is CC(=O)c1ccccc1NC(=O)CNc1ccc(C)cc1. The van der Waals surface area contributed by atoms with E-state index in [1.165, 1.54) is 12.5 Å². The van der Waals surface area contributed by atoms with Crippen molar-refractivity contribution in [1.82, 2.24) is 0 Å². The molecule has 0 unspecified atom stereocenters. The highest BCUT2D eigenvalue weighted by molar-refractivity contribution is 6.04. The lowest BCUT2D eigenvalue weighted by atomic mass is 10.1. The van der Waals surface area contributed by atoms with Gasteiger partial charge in [0, 0.05) is 11.3 Å². The monoisotopic (exact) mass is 282 g/mol. The van der Waals surface area contributed by atoms with E-state index in [4.69, 9.17) is 0 Å². The van der Waals surface area contributed by atoms with E-state index in [-0.39, 0.29) is 18.2 Å². The van der Waals surface area contributed by atoms with Gasteiger partial charge in [-0.05, 0) is 38.1 Å². The average molecular weight is 282 g/mol. The molecule has 21 heavy (non-hydrogen) atoms. The number of Topliss-reactive ketones (excluding diaryl/α,β-unsaturated/α-hetero) is 1. The molecule has 0 heterocycles. The molecular weight excluding hydrogens is 264 g/mol. The Morgan fingerprint density at radius 3 is 2.33 bits per heavy atom. The van der Waals surface area contributed by atoms with Crippen molar-refractivity contribution in [3.05, 3.63) is 59.7 Å². The standard InChI is InChI=1S/C17H18N2O2/c1-12-7-9-14(10-8-12)18-11-17(21)19-16-6-4-3-5-15(16)13(2)20/h3-10,18H,11H2,1-2H3,(H,19,21). The Hall–Kier alpha value is -2.62. The Balaban J connectivity index is 1.96. The smallest absolute Gasteiger partial charge is 0.243 e. The Labute approximate surface area is 124 Å². The summed E-state index contributed by atoms with van der Waals surface area (Å²) in [7, 11) is 0. The number of carbonyl (C=O) groups is 2. The van der Waals surface area contributed by atoms with E-state index >= 15 is 0 Å². The molecular formula is C17H18N2O2. The summed E-state index contributed by atoms with van der Waals surface area (Å²) >= 11 is 0. The molecule has 4 nitrogen and oxygen atoms in total. The number of nitrogens with one attached hydrogen (secondary N) is 2. The normalized spacial score (nSPS) is 10.0. The number of anilines is 2. The van der Waals surface area contributed by atoms with Gasteiger partial charge in [0.25, 0.3) is 0 Å². The third-order valence-electron chi connectivity index (χ3n) is 3.09. The van der Waals surface area contributed by atoms with Crippen LogP contribution in [-0.2, 0) is 4.79 Å². The number of amides is 1. The molecule has 0 spiro atoms. The van der Waals surface area contributed by atoms with Crippen molar-refractivity contribution in [3.8, 4) is 0 Å². The molecule has 0 fully saturated rings. The molecule has 0 saturated heterocycles. The van der Waals surface area contributed by atoms with Gasteiger partial charge in [-0.3, -0.25) is 9.59 Å².